The number of carbonyl (C=O) groups excluding carboxylic acids is 2. The summed E-state index contributed by atoms with van der Waals surface area (Å²) < 4.78 is 0. The summed E-state index contributed by atoms with van der Waals surface area (Å²) in [6.07, 6.45) is 1.70. The number of hydrogen-bond donors (Lipinski definition) is 0. The zero-order valence-electron chi connectivity index (χ0n) is 8.17. The molecule has 0 heterocycles. The minimum absolute atomic E-state index is 0. The van der Waals surface area contributed by atoms with Gasteiger partial charge in [-0.2, -0.15) is 0 Å². The van der Waals surface area contributed by atoms with Crippen LogP contribution in [0.1, 0.15) is 39.5 Å². The van der Waals surface area contributed by atoms with Crippen molar-refractivity contribution in [3.05, 3.63) is 0 Å². The maximum absolute atomic E-state index is 9.49. The zero-order chi connectivity index (χ0) is 9.98. The second-order valence-electron chi connectivity index (χ2n) is 2.24. The predicted molar refractivity (Wildman–Crippen MR) is 39.8 cm³/mol. The van der Waals surface area contributed by atoms with Crippen molar-refractivity contribution in [2.24, 2.45) is 0 Å². The standard InChI is InChI=1S/2C4H8O2.Zn/c2*1-2-3-4(5)6;/h2*2-3H2,1H3,(H,5,6);/q;;+2/p-2. The molecule has 13 heavy (non-hydrogen) atoms. The summed E-state index contributed by atoms with van der Waals surface area (Å²) in [4.78, 5) is 19.0. The summed E-state index contributed by atoms with van der Waals surface area (Å²) in [5, 5.41) is 19.0. The molecular formula is C8H14O4Zn. The van der Waals surface area contributed by atoms with Crippen LogP contribution in [0, 0.1) is 0 Å². The molecule has 0 fully saturated rings. The van der Waals surface area contributed by atoms with Crippen LogP contribution in [0.5, 0.6) is 0 Å². The Balaban J connectivity index is -0.000000143. The number of carboxylic acid groups (broad SMARTS) is 2. The van der Waals surface area contributed by atoms with E-state index in [0.717, 1.165) is 0 Å². The Hall–Kier alpha value is -0.437. The quantitative estimate of drug-likeness (QED) is 0.594. The van der Waals surface area contributed by atoms with E-state index < -0.39 is 11.9 Å². The second-order valence-corrected chi connectivity index (χ2v) is 2.24. The third kappa shape index (κ3) is 34.2. The molecule has 72 valence electrons. The van der Waals surface area contributed by atoms with Gasteiger partial charge < -0.3 is 19.8 Å². The monoisotopic (exact) mass is 238 g/mol. The molecule has 0 amide bonds. The van der Waals surface area contributed by atoms with Crippen LogP contribution in [-0.2, 0) is 29.1 Å². The first-order valence-corrected chi connectivity index (χ1v) is 3.94. The molecule has 0 rings (SSSR count). The molecule has 0 saturated carbocycles. The van der Waals surface area contributed by atoms with E-state index in [4.69, 9.17) is 0 Å². The molecule has 0 spiro atoms. The van der Waals surface area contributed by atoms with Crippen LogP contribution in [0.15, 0.2) is 0 Å². The van der Waals surface area contributed by atoms with Gasteiger partial charge in [-0.05, 0) is 12.8 Å². The fourth-order valence-electron chi connectivity index (χ4n) is 0.408. The molecule has 0 aromatic heterocycles. The van der Waals surface area contributed by atoms with Crippen LogP contribution >= 0.6 is 0 Å². The molecule has 0 N–H and O–H groups in total. The smallest absolute Gasteiger partial charge is 0.550 e. The normalized spacial score (nSPS) is 7.54. The van der Waals surface area contributed by atoms with Crippen LogP contribution in [0.4, 0.5) is 0 Å². The first-order valence-electron chi connectivity index (χ1n) is 3.94. The van der Waals surface area contributed by atoms with Gasteiger partial charge in [-0.3, -0.25) is 0 Å². The van der Waals surface area contributed by atoms with Gasteiger partial charge in [0.1, 0.15) is 0 Å². The van der Waals surface area contributed by atoms with Crippen molar-refractivity contribution in [2.75, 3.05) is 0 Å². The third-order valence-electron chi connectivity index (χ3n) is 0.908. The Bertz CT molecular complexity index is 120. The van der Waals surface area contributed by atoms with E-state index in [9.17, 15) is 19.8 Å². The van der Waals surface area contributed by atoms with Gasteiger partial charge in [-0.15, -0.1) is 0 Å². The first-order chi connectivity index (χ1) is 5.54. The molecule has 4 nitrogen and oxygen atoms in total. The molecule has 0 unspecified atom stereocenters. The minimum atomic E-state index is -0.961. The van der Waals surface area contributed by atoms with E-state index in [1.807, 2.05) is 0 Å². The molecular weight excluding hydrogens is 225 g/mol. The Kier molecular flexibility index (Phi) is 19.9. The summed E-state index contributed by atoms with van der Waals surface area (Å²) in [7, 11) is 0. The van der Waals surface area contributed by atoms with Crippen molar-refractivity contribution in [1.29, 1.82) is 0 Å². The van der Waals surface area contributed by atoms with E-state index in [1.165, 1.54) is 0 Å². The Morgan fingerprint density at radius 2 is 1.15 bits per heavy atom. The molecule has 0 aliphatic carbocycles. The van der Waals surface area contributed by atoms with E-state index in [1.54, 1.807) is 13.8 Å². The number of carboxylic acids is 2. The Morgan fingerprint density at radius 1 is 0.923 bits per heavy atom. The predicted octanol–water partition coefficient (Wildman–Crippen LogP) is -0.930. The molecule has 5 heteroatoms. The third-order valence-corrected chi connectivity index (χ3v) is 0.908. The number of carbonyl (C=O) groups is 2. The number of rotatable bonds is 4. The van der Waals surface area contributed by atoms with Crippen LogP contribution in [0.3, 0.4) is 0 Å². The fourth-order valence-corrected chi connectivity index (χ4v) is 0.408. The molecule has 0 bridgehead atoms. The zero-order valence-corrected chi connectivity index (χ0v) is 11.1. The Morgan fingerprint density at radius 3 is 1.15 bits per heavy atom. The molecule has 0 atom stereocenters. The summed E-state index contributed by atoms with van der Waals surface area (Å²) in [5.41, 5.74) is 0. The van der Waals surface area contributed by atoms with Crippen molar-refractivity contribution in [1.82, 2.24) is 0 Å². The van der Waals surface area contributed by atoms with Crippen LogP contribution < -0.4 is 10.2 Å². The van der Waals surface area contributed by atoms with E-state index in [0.29, 0.717) is 12.8 Å². The average Bonchev–Trinajstić information content (AvgIpc) is 1.87. The van der Waals surface area contributed by atoms with E-state index in [2.05, 4.69) is 0 Å². The van der Waals surface area contributed by atoms with Crippen LogP contribution in [-0.4, -0.2) is 11.9 Å². The van der Waals surface area contributed by atoms with Gasteiger partial charge >= 0.3 is 19.5 Å². The van der Waals surface area contributed by atoms with Crippen LogP contribution in [0.25, 0.3) is 0 Å². The average molecular weight is 240 g/mol. The summed E-state index contributed by atoms with van der Waals surface area (Å²) in [5.74, 6) is -1.92. The molecule has 0 aliphatic rings. The van der Waals surface area contributed by atoms with Crippen LogP contribution in [0.2, 0.25) is 0 Å². The van der Waals surface area contributed by atoms with Crippen molar-refractivity contribution in [2.45, 2.75) is 39.5 Å². The summed E-state index contributed by atoms with van der Waals surface area (Å²) in [6.45, 7) is 3.60. The van der Waals surface area contributed by atoms with Gasteiger partial charge in [0, 0.05) is 11.9 Å². The maximum Gasteiger partial charge on any atom is 2.00 e. The van der Waals surface area contributed by atoms with Gasteiger partial charge in [0.25, 0.3) is 0 Å². The number of aliphatic carboxylic acids is 2. The summed E-state index contributed by atoms with van der Waals surface area (Å²) >= 11 is 0. The molecule has 0 aliphatic heterocycles. The molecule has 0 aromatic rings. The molecule has 0 saturated heterocycles. The molecule has 0 radical (unpaired) electrons. The van der Waals surface area contributed by atoms with Crippen molar-refractivity contribution in [3.8, 4) is 0 Å². The first kappa shape index (κ1) is 18.4. The van der Waals surface area contributed by atoms with Gasteiger partial charge in [0.15, 0.2) is 0 Å². The van der Waals surface area contributed by atoms with Gasteiger partial charge in [-0.1, -0.05) is 26.7 Å². The number of hydrogen-bond acceptors (Lipinski definition) is 4. The summed E-state index contributed by atoms with van der Waals surface area (Å²) in [6, 6.07) is 0. The topological polar surface area (TPSA) is 80.3 Å². The maximum atomic E-state index is 9.49. The Labute approximate surface area is 91.1 Å². The largest absolute Gasteiger partial charge is 2.00 e. The van der Waals surface area contributed by atoms with Crippen molar-refractivity contribution >= 4 is 11.9 Å². The fraction of sp³-hybridized carbons (Fsp3) is 0.750. The van der Waals surface area contributed by atoms with Gasteiger partial charge in [-0.25, -0.2) is 0 Å². The second kappa shape index (κ2) is 14.1. The van der Waals surface area contributed by atoms with E-state index >= 15 is 0 Å². The SMILES string of the molecule is CCCC(=O)[O-].CCCC(=O)[O-].[Zn+2]. The van der Waals surface area contributed by atoms with Crippen molar-refractivity contribution < 1.29 is 39.3 Å². The minimum Gasteiger partial charge on any atom is -0.550 e. The molecule has 0 aromatic carbocycles. The van der Waals surface area contributed by atoms with Gasteiger partial charge in [0.2, 0.25) is 0 Å². The van der Waals surface area contributed by atoms with Gasteiger partial charge in [0.05, 0.1) is 0 Å². The van der Waals surface area contributed by atoms with E-state index in [-0.39, 0.29) is 32.3 Å². The van der Waals surface area contributed by atoms with Crippen molar-refractivity contribution in [3.63, 3.8) is 0 Å².